The van der Waals surface area contributed by atoms with Gasteiger partial charge < -0.3 is 15.3 Å². The van der Waals surface area contributed by atoms with Crippen LogP contribution in [0.2, 0.25) is 0 Å². The summed E-state index contributed by atoms with van der Waals surface area (Å²) in [6.07, 6.45) is 1.39. The molecule has 1 atom stereocenters. The summed E-state index contributed by atoms with van der Waals surface area (Å²) in [6, 6.07) is 8.01. The number of nitrogens with one attached hydrogen (secondary N) is 1. The van der Waals surface area contributed by atoms with E-state index in [2.05, 4.69) is 31.3 Å². The Bertz CT molecular complexity index is 525. The van der Waals surface area contributed by atoms with Crippen LogP contribution in [-0.2, 0) is 11.3 Å². The van der Waals surface area contributed by atoms with E-state index in [1.807, 2.05) is 12.1 Å². The molecule has 1 heterocycles. The molecule has 0 saturated carbocycles. The van der Waals surface area contributed by atoms with E-state index in [9.17, 15) is 9.59 Å². The van der Waals surface area contributed by atoms with Gasteiger partial charge in [0, 0.05) is 19.6 Å². The van der Waals surface area contributed by atoms with Crippen molar-refractivity contribution in [1.29, 1.82) is 0 Å². The Labute approximate surface area is 131 Å². The number of carboxylic acids is 1. The molecule has 2 N–H and O–H groups in total. The molecule has 0 aromatic heterocycles. The smallest absolute Gasteiger partial charge is 0.317 e. The molecule has 2 amide bonds. The third-order valence-electron chi connectivity index (χ3n) is 4.15. The number of rotatable bonds is 4. The van der Waals surface area contributed by atoms with Gasteiger partial charge in [0.05, 0.1) is 5.92 Å². The first-order valence-corrected chi connectivity index (χ1v) is 7.81. The molecule has 0 radical (unpaired) electrons. The first kappa shape index (κ1) is 16.3. The van der Waals surface area contributed by atoms with Gasteiger partial charge in [0.15, 0.2) is 0 Å². The Morgan fingerprint density at radius 3 is 2.59 bits per heavy atom. The molecule has 1 unspecified atom stereocenters. The zero-order chi connectivity index (χ0) is 16.1. The molecule has 5 nitrogen and oxygen atoms in total. The predicted octanol–water partition coefficient (Wildman–Crippen LogP) is 2.82. The average molecular weight is 304 g/mol. The number of piperidine rings is 1. The van der Waals surface area contributed by atoms with Crippen LogP contribution in [0, 0.1) is 5.92 Å². The molecule has 22 heavy (non-hydrogen) atoms. The number of amides is 2. The Kier molecular flexibility index (Phi) is 5.41. The number of aliphatic carboxylic acids is 1. The maximum Gasteiger partial charge on any atom is 0.317 e. The van der Waals surface area contributed by atoms with Gasteiger partial charge in [-0.25, -0.2) is 4.79 Å². The number of urea groups is 1. The van der Waals surface area contributed by atoms with E-state index in [1.54, 1.807) is 4.90 Å². The third-order valence-corrected chi connectivity index (χ3v) is 4.15. The van der Waals surface area contributed by atoms with Crippen LogP contribution in [0.5, 0.6) is 0 Å². The van der Waals surface area contributed by atoms with E-state index < -0.39 is 11.9 Å². The zero-order valence-electron chi connectivity index (χ0n) is 13.2. The Morgan fingerprint density at radius 1 is 1.32 bits per heavy atom. The second-order valence-corrected chi connectivity index (χ2v) is 6.18. The fraction of sp³-hybridized carbons (Fsp3) is 0.529. The second-order valence-electron chi connectivity index (χ2n) is 6.18. The topological polar surface area (TPSA) is 69.6 Å². The maximum absolute atomic E-state index is 12.1. The van der Waals surface area contributed by atoms with Crippen LogP contribution in [0.1, 0.15) is 43.7 Å². The van der Waals surface area contributed by atoms with Gasteiger partial charge in [0.1, 0.15) is 0 Å². The van der Waals surface area contributed by atoms with Gasteiger partial charge in [0.25, 0.3) is 0 Å². The highest BCUT2D eigenvalue weighted by Crippen LogP contribution is 2.17. The quantitative estimate of drug-likeness (QED) is 0.898. The number of carbonyl (C=O) groups excluding carboxylic acids is 1. The number of nitrogens with zero attached hydrogens (tertiary/aromatic N) is 1. The van der Waals surface area contributed by atoms with Crippen LogP contribution in [0.3, 0.4) is 0 Å². The number of likely N-dealkylation sites (tertiary alicyclic amines) is 1. The second kappa shape index (κ2) is 7.29. The van der Waals surface area contributed by atoms with Gasteiger partial charge in [-0.2, -0.15) is 0 Å². The van der Waals surface area contributed by atoms with Gasteiger partial charge in [-0.15, -0.1) is 0 Å². The molecular weight excluding hydrogens is 280 g/mol. The molecule has 1 aliphatic rings. The summed E-state index contributed by atoms with van der Waals surface area (Å²) in [5.41, 5.74) is 2.32. The fourth-order valence-electron chi connectivity index (χ4n) is 2.67. The lowest BCUT2D eigenvalue weighted by Gasteiger charge is -2.30. The minimum Gasteiger partial charge on any atom is -0.481 e. The highest BCUT2D eigenvalue weighted by molar-refractivity contribution is 5.76. The summed E-state index contributed by atoms with van der Waals surface area (Å²) in [5.74, 6) is -0.767. The van der Waals surface area contributed by atoms with Crippen molar-refractivity contribution in [2.45, 2.75) is 39.2 Å². The summed E-state index contributed by atoms with van der Waals surface area (Å²) in [4.78, 5) is 24.8. The number of hydrogen-bond acceptors (Lipinski definition) is 2. The monoisotopic (exact) mass is 304 g/mol. The molecule has 5 heteroatoms. The SMILES string of the molecule is CC(C)c1ccc(CNC(=O)N2CCCC(C(=O)O)C2)cc1. The molecule has 0 spiro atoms. The van der Waals surface area contributed by atoms with Crippen LogP contribution in [-0.4, -0.2) is 35.1 Å². The molecule has 120 valence electrons. The zero-order valence-corrected chi connectivity index (χ0v) is 13.2. The van der Waals surface area contributed by atoms with Gasteiger partial charge in [-0.1, -0.05) is 38.1 Å². The molecule has 1 aliphatic heterocycles. The van der Waals surface area contributed by atoms with Crippen molar-refractivity contribution in [3.05, 3.63) is 35.4 Å². The summed E-state index contributed by atoms with van der Waals surface area (Å²) < 4.78 is 0. The van der Waals surface area contributed by atoms with Crippen LogP contribution >= 0.6 is 0 Å². The van der Waals surface area contributed by atoms with Crippen molar-refractivity contribution >= 4 is 12.0 Å². The van der Waals surface area contributed by atoms with Crippen LogP contribution in [0.4, 0.5) is 4.79 Å². The standard InChI is InChI=1S/C17H24N2O3/c1-12(2)14-7-5-13(6-8-14)10-18-17(22)19-9-3-4-15(11-19)16(20)21/h5-8,12,15H,3-4,9-11H2,1-2H3,(H,18,22)(H,20,21). The van der Waals surface area contributed by atoms with E-state index in [0.29, 0.717) is 32.0 Å². The molecule has 1 aromatic carbocycles. The van der Waals surface area contributed by atoms with Crippen LogP contribution < -0.4 is 5.32 Å². The van der Waals surface area contributed by atoms with Gasteiger partial charge in [-0.05, 0) is 29.9 Å². The number of carbonyl (C=O) groups is 2. The normalized spacial score (nSPS) is 18.3. The van der Waals surface area contributed by atoms with E-state index in [4.69, 9.17) is 5.11 Å². The van der Waals surface area contributed by atoms with Gasteiger partial charge in [0.2, 0.25) is 0 Å². The first-order valence-electron chi connectivity index (χ1n) is 7.81. The van der Waals surface area contributed by atoms with E-state index in [-0.39, 0.29) is 6.03 Å². The van der Waals surface area contributed by atoms with Crippen LogP contribution in [0.25, 0.3) is 0 Å². The van der Waals surface area contributed by atoms with Gasteiger partial charge >= 0.3 is 12.0 Å². The lowest BCUT2D eigenvalue weighted by molar-refractivity contribution is -0.143. The summed E-state index contributed by atoms with van der Waals surface area (Å²) in [6.45, 7) is 5.68. The minimum absolute atomic E-state index is 0.182. The number of hydrogen-bond donors (Lipinski definition) is 2. The van der Waals surface area contributed by atoms with E-state index in [1.165, 1.54) is 5.56 Å². The molecule has 1 fully saturated rings. The highest BCUT2D eigenvalue weighted by Gasteiger charge is 2.27. The van der Waals surface area contributed by atoms with E-state index in [0.717, 1.165) is 12.0 Å². The van der Waals surface area contributed by atoms with Crippen molar-refractivity contribution < 1.29 is 14.7 Å². The molecule has 1 aromatic rings. The molecule has 0 bridgehead atoms. The largest absolute Gasteiger partial charge is 0.481 e. The van der Waals surface area contributed by atoms with Crippen molar-refractivity contribution in [3.63, 3.8) is 0 Å². The van der Waals surface area contributed by atoms with Crippen molar-refractivity contribution in [2.24, 2.45) is 5.92 Å². The Hall–Kier alpha value is -2.04. The van der Waals surface area contributed by atoms with Crippen molar-refractivity contribution in [1.82, 2.24) is 10.2 Å². The molecular formula is C17H24N2O3. The molecule has 1 saturated heterocycles. The molecule has 0 aliphatic carbocycles. The first-order chi connectivity index (χ1) is 10.5. The maximum atomic E-state index is 12.1. The average Bonchev–Trinajstić information content (AvgIpc) is 2.53. The third kappa shape index (κ3) is 4.23. The summed E-state index contributed by atoms with van der Waals surface area (Å²) in [5, 5.41) is 11.9. The fourth-order valence-corrected chi connectivity index (χ4v) is 2.67. The highest BCUT2D eigenvalue weighted by atomic mass is 16.4. The minimum atomic E-state index is -0.818. The summed E-state index contributed by atoms with van der Waals surface area (Å²) in [7, 11) is 0. The number of benzene rings is 1. The van der Waals surface area contributed by atoms with Crippen molar-refractivity contribution in [3.8, 4) is 0 Å². The van der Waals surface area contributed by atoms with E-state index >= 15 is 0 Å². The molecule has 2 rings (SSSR count). The van der Waals surface area contributed by atoms with Crippen LogP contribution in [0.15, 0.2) is 24.3 Å². The van der Waals surface area contributed by atoms with Crippen molar-refractivity contribution in [2.75, 3.05) is 13.1 Å². The lowest BCUT2D eigenvalue weighted by Crippen LogP contribution is -2.46. The Balaban J connectivity index is 1.85. The summed E-state index contributed by atoms with van der Waals surface area (Å²) >= 11 is 0. The van der Waals surface area contributed by atoms with Gasteiger partial charge in [-0.3, -0.25) is 4.79 Å². The number of carboxylic acid groups (broad SMARTS) is 1. The lowest BCUT2D eigenvalue weighted by atomic mass is 9.99. The Morgan fingerprint density at radius 2 is 2.00 bits per heavy atom. The predicted molar refractivity (Wildman–Crippen MR) is 84.7 cm³/mol.